The third-order valence-corrected chi connectivity index (χ3v) is 9.49. The Hall–Kier alpha value is -1.77. The molecule has 0 unspecified atom stereocenters. The molecule has 6 heterocycles. The Morgan fingerprint density at radius 2 is 2.10 bits per heavy atom. The summed E-state index contributed by atoms with van der Waals surface area (Å²) in [6.45, 7) is 3.22. The van der Waals surface area contributed by atoms with Crippen LogP contribution in [0.3, 0.4) is 0 Å². The maximum atomic E-state index is 13.2. The monoisotopic (exact) mass is 398 g/mol. The molecule has 0 N–H and O–H groups in total. The molecule has 11 atom stereocenters. The van der Waals surface area contributed by atoms with Crippen molar-refractivity contribution < 1.29 is 28.2 Å². The molecule has 7 aliphatic rings. The van der Waals surface area contributed by atoms with Crippen molar-refractivity contribution in [2.45, 2.75) is 56.0 Å². The zero-order chi connectivity index (χ0) is 19.2. The van der Waals surface area contributed by atoms with Crippen LogP contribution in [0, 0.1) is 28.6 Å². The fourth-order valence-corrected chi connectivity index (χ4v) is 8.32. The molecule has 8 rings (SSSR count). The van der Waals surface area contributed by atoms with Crippen molar-refractivity contribution in [1.29, 1.82) is 0 Å². The summed E-state index contributed by atoms with van der Waals surface area (Å²) in [4.78, 5) is 13.2. The van der Waals surface area contributed by atoms with Crippen molar-refractivity contribution >= 4 is 5.97 Å². The first-order chi connectivity index (χ1) is 14.1. The Bertz CT molecular complexity index is 964. The minimum Gasteiger partial charge on any atom is -0.472 e. The number of azo groups is 1. The van der Waals surface area contributed by atoms with E-state index in [4.69, 9.17) is 23.4 Å². The van der Waals surface area contributed by atoms with Gasteiger partial charge in [0.15, 0.2) is 11.8 Å². The van der Waals surface area contributed by atoms with Crippen molar-refractivity contribution in [2.24, 2.45) is 38.8 Å². The fourth-order valence-electron chi connectivity index (χ4n) is 8.32. The molecule has 2 aliphatic carbocycles. The van der Waals surface area contributed by atoms with Gasteiger partial charge in [-0.2, -0.15) is 10.2 Å². The Morgan fingerprint density at radius 1 is 1.17 bits per heavy atom. The highest BCUT2D eigenvalue weighted by Crippen LogP contribution is 2.78. The molecule has 0 aromatic carbocycles. The lowest BCUT2D eigenvalue weighted by atomic mass is 9.41. The van der Waals surface area contributed by atoms with Crippen LogP contribution in [-0.2, 0) is 23.7 Å². The first kappa shape index (κ1) is 16.0. The number of rotatable bonds is 1. The summed E-state index contributed by atoms with van der Waals surface area (Å²) in [5.74, 6) is 0.200. The van der Waals surface area contributed by atoms with E-state index in [2.05, 4.69) is 17.2 Å². The SMILES string of the molecule is C[C@@H]1[C@H]2C[C@@]34COC(=O)[C@@]35N=NC[C@H]5[C@H]3O[C@H]3[C@H]4[C@@]13C[C@H](c1ccoc1)O[C@H]3O2. The Kier molecular flexibility index (Phi) is 2.54. The van der Waals surface area contributed by atoms with Crippen LogP contribution in [-0.4, -0.2) is 49.3 Å². The summed E-state index contributed by atoms with van der Waals surface area (Å²) < 4.78 is 30.4. The minimum atomic E-state index is -0.910. The number of hydrogen-bond acceptors (Lipinski definition) is 8. The van der Waals surface area contributed by atoms with Gasteiger partial charge in [-0.15, -0.1) is 0 Å². The molecule has 8 heteroatoms. The van der Waals surface area contributed by atoms with Gasteiger partial charge in [-0.1, -0.05) is 6.92 Å². The third-order valence-electron chi connectivity index (χ3n) is 9.49. The maximum Gasteiger partial charge on any atom is 0.337 e. The summed E-state index contributed by atoms with van der Waals surface area (Å²) >= 11 is 0. The second-order valence-corrected chi connectivity index (χ2v) is 10.1. The molecule has 3 spiro atoms. The number of hydrogen-bond donors (Lipinski definition) is 0. The topological polar surface area (TPSA) is 95.2 Å². The van der Waals surface area contributed by atoms with E-state index < -0.39 is 11.0 Å². The molecule has 8 nitrogen and oxygen atoms in total. The summed E-state index contributed by atoms with van der Waals surface area (Å²) in [7, 11) is 0. The van der Waals surface area contributed by atoms with Crippen molar-refractivity contribution in [1.82, 2.24) is 0 Å². The van der Waals surface area contributed by atoms with Crippen LogP contribution >= 0.6 is 0 Å². The lowest BCUT2D eigenvalue weighted by Gasteiger charge is -2.57. The molecule has 6 fully saturated rings. The number of nitrogens with zero attached hydrogens (tertiary/aromatic N) is 2. The highest BCUT2D eigenvalue weighted by Gasteiger charge is 2.88. The lowest BCUT2D eigenvalue weighted by Crippen LogP contribution is -2.69. The van der Waals surface area contributed by atoms with Crippen LogP contribution < -0.4 is 0 Å². The number of carbonyl (C=O) groups excluding carboxylic acids is 1. The third kappa shape index (κ3) is 1.45. The standard InChI is InChI=1S/C21H22N2O6/c1-9-12-4-19-8-26-17(24)21(19)11(6-22-23-21)14-15(29-14)16(19)20(9)5-13(28-18(20)27-12)10-2-3-25-7-10/h2-3,7,9,11-16,18H,4-6,8H2,1H3/t9-,11+,12-,13-,14-,15-,16-,18-,19+,20-,21-/m1/s1. The van der Waals surface area contributed by atoms with E-state index in [9.17, 15) is 4.79 Å². The molecule has 1 aromatic heterocycles. The maximum absolute atomic E-state index is 13.2. The van der Waals surface area contributed by atoms with Gasteiger partial charge in [0.1, 0.15) is 6.61 Å². The van der Waals surface area contributed by atoms with Crippen LogP contribution in [0.1, 0.15) is 31.4 Å². The number of epoxide rings is 1. The first-order valence-electron chi connectivity index (χ1n) is 10.7. The summed E-state index contributed by atoms with van der Waals surface area (Å²) in [6, 6.07) is 1.96. The molecule has 29 heavy (non-hydrogen) atoms. The van der Waals surface area contributed by atoms with Crippen LogP contribution in [0.4, 0.5) is 0 Å². The van der Waals surface area contributed by atoms with Gasteiger partial charge in [0.25, 0.3) is 0 Å². The highest BCUT2D eigenvalue weighted by atomic mass is 16.7. The molecule has 2 saturated carbocycles. The largest absolute Gasteiger partial charge is 0.472 e. The van der Waals surface area contributed by atoms with Crippen LogP contribution in [0.5, 0.6) is 0 Å². The fraction of sp³-hybridized carbons (Fsp3) is 0.762. The van der Waals surface area contributed by atoms with E-state index in [1.165, 1.54) is 0 Å². The normalized spacial score (nSPS) is 60.2. The molecule has 5 aliphatic heterocycles. The molecule has 0 amide bonds. The quantitative estimate of drug-likeness (QED) is 0.532. The lowest BCUT2D eigenvalue weighted by molar-refractivity contribution is -0.153. The van der Waals surface area contributed by atoms with Gasteiger partial charge >= 0.3 is 5.97 Å². The zero-order valence-electron chi connectivity index (χ0n) is 16.0. The van der Waals surface area contributed by atoms with Gasteiger partial charge in [0.05, 0.1) is 48.9 Å². The number of furan rings is 1. The van der Waals surface area contributed by atoms with E-state index in [0.717, 1.165) is 18.4 Å². The molecule has 1 aromatic rings. The van der Waals surface area contributed by atoms with E-state index in [0.29, 0.717) is 19.1 Å². The smallest absolute Gasteiger partial charge is 0.337 e. The zero-order valence-corrected chi connectivity index (χ0v) is 16.0. The van der Waals surface area contributed by atoms with Gasteiger partial charge in [-0.3, -0.25) is 0 Å². The van der Waals surface area contributed by atoms with Crippen LogP contribution in [0.25, 0.3) is 0 Å². The van der Waals surface area contributed by atoms with Crippen molar-refractivity contribution in [2.75, 3.05) is 13.2 Å². The number of carbonyl (C=O) groups is 1. The van der Waals surface area contributed by atoms with Crippen molar-refractivity contribution in [3.8, 4) is 0 Å². The molecule has 4 saturated heterocycles. The van der Waals surface area contributed by atoms with Gasteiger partial charge in [-0.05, 0) is 24.8 Å². The Labute approximate surface area is 166 Å². The number of ether oxygens (including phenoxy) is 4. The summed E-state index contributed by atoms with van der Waals surface area (Å²) in [6.07, 6.45) is 4.80. The molecule has 152 valence electrons. The van der Waals surface area contributed by atoms with Crippen LogP contribution in [0.15, 0.2) is 33.2 Å². The minimum absolute atomic E-state index is 0.00611. The Morgan fingerprint density at radius 3 is 2.97 bits per heavy atom. The van der Waals surface area contributed by atoms with Crippen molar-refractivity contribution in [3.05, 3.63) is 24.2 Å². The molecule has 2 bridgehead atoms. The number of fused-ring (bicyclic) bond motifs is 4. The number of cyclic esters (lactones) is 1. The predicted octanol–water partition coefficient (Wildman–Crippen LogP) is 2.25. The van der Waals surface area contributed by atoms with Gasteiger partial charge in [0.2, 0.25) is 0 Å². The molecular formula is C21H22N2O6. The van der Waals surface area contributed by atoms with E-state index in [1.54, 1.807) is 12.5 Å². The number of esters is 1. The van der Waals surface area contributed by atoms with Gasteiger partial charge < -0.3 is 23.4 Å². The van der Waals surface area contributed by atoms with E-state index in [1.807, 2.05) is 6.07 Å². The van der Waals surface area contributed by atoms with Gasteiger partial charge in [0, 0.05) is 22.8 Å². The molecular weight excluding hydrogens is 376 g/mol. The van der Waals surface area contributed by atoms with Crippen LogP contribution in [0.2, 0.25) is 0 Å². The van der Waals surface area contributed by atoms with E-state index in [-0.39, 0.29) is 53.9 Å². The molecule has 0 radical (unpaired) electrons. The predicted molar refractivity (Wildman–Crippen MR) is 93.5 cm³/mol. The second-order valence-electron chi connectivity index (χ2n) is 10.1. The first-order valence-corrected chi connectivity index (χ1v) is 10.7. The van der Waals surface area contributed by atoms with Crippen molar-refractivity contribution in [3.63, 3.8) is 0 Å². The Balaban J connectivity index is 1.33. The summed E-state index contributed by atoms with van der Waals surface area (Å²) in [5.41, 5.74) is -0.523. The average Bonchev–Trinajstić information content (AvgIpc) is 3.16. The highest BCUT2D eigenvalue weighted by molar-refractivity contribution is 5.86. The van der Waals surface area contributed by atoms with E-state index >= 15 is 0 Å². The average molecular weight is 398 g/mol. The second kappa shape index (κ2) is 4.60. The summed E-state index contributed by atoms with van der Waals surface area (Å²) in [5, 5.41) is 9.01. The van der Waals surface area contributed by atoms with Gasteiger partial charge in [-0.25, -0.2) is 4.79 Å².